The zero-order valence-electron chi connectivity index (χ0n) is 11.6. The summed E-state index contributed by atoms with van der Waals surface area (Å²) in [5.74, 6) is -0.354. The predicted molar refractivity (Wildman–Crippen MR) is 90.2 cm³/mol. The number of hydrogen-bond donors (Lipinski definition) is 3. The van der Waals surface area contributed by atoms with E-state index in [2.05, 4.69) is 31.9 Å². The maximum atomic E-state index is 12.0. The fraction of sp³-hybridized carbons (Fsp3) is 0.538. The number of hydrogen-bond acceptors (Lipinski definition) is 4. The highest BCUT2D eigenvalue weighted by molar-refractivity contribution is 9.11. The molecule has 21 heavy (non-hydrogen) atoms. The zero-order chi connectivity index (χ0) is 14.5. The number of piperidine rings is 1. The summed E-state index contributed by atoms with van der Waals surface area (Å²) in [6.07, 6.45) is 2.05. The van der Waals surface area contributed by atoms with Gasteiger partial charge in [-0.1, -0.05) is 0 Å². The summed E-state index contributed by atoms with van der Waals surface area (Å²) in [4.78, 5) is 24.6. The van der Waals surface area contributed by atoms with Crippen molar-refractivity contribution in [1.29, 1.82) is 0 Å². The predicted octanol–water partition coefficient (Wildman–Crippen LogP) is 1.92. The van der Waals surface area contributed by atoms with Crippen molar-refractivity contribution < 1.29 is 9.59 Å². The maximum Gasteiger partial charge on any atom is 0.262 e. The number of carbonyl (C=O) groups excluding carboxylic acids is 2. The smallest absolute Gasteiger partial charge is 0.262 e. The van der Waals surface area contributed by atoms with E-state index in [-0.39, 0.29) is 30.3 Å². The first-order chi connectivity index (χ1) is 9.56. The molecule has 2 rings (SSSR count). The van der Waals surface area contributed by atoms with Gasteiger partial charge >= 0.3 is 0 Å². The van der Waals surface area contributed by atoms with E-state index in [0.29, 0.717) is 4.88 Å². The van der Waals surface area contributed by atoms with Gasteiger partial charge in [-0.3, -0.25) is 9.59 Å². The van der Waals surface area contributed by atoms with Crippen molar-refractivity contribution in [2.75, 3.05) is 13.1 Å². The van der Waals surface area contributed by atoms with Crippen LogP contribution in [0.25, 0.3) is 0 Å². The molecule has 5 nitrogen and oxygen atoms in total. The second kappa shape index (κ2) is 8.73. The molecule has 1 aromatic rings. The third-order valence-electron chi connectivity index (χ3n) is 3.18. The molecule has 1 saturated heterocycles. The molecule has 118 valence electrons. The van der Waals surface area contributed by atoms with Gasteiger partial charge in [0.1, 0.15) is 6.04 Å². The Morgan fingerprint density at radius 3 is 2.81 bits per heavy atom. The molecule has 2 amide bonds. The highest BCUT2D eigenvalue weighted by atomic mass is 79.9. The van der Waals surface area contributed by atoms with Crippen molar-refractivity contribution in [2.24, 2.45) is 0 Å². The van der Waals surface area contributed by atoms with Crippen LogP contribution in [0.5, 0.6) is 0 Å². The Hall–Kier alpha value is -0.630. The number of thiophene rings is 1. The SMILES string of the molecule is CC(NC(=O)c1ccc(Br)s1)C(=O)NC1CCCNC1.Cl. The summed E-state index contributed by atoms with van der Waals surface area (Å²) < 4.78 is 0.896. The van der Waals surface area contributed by atoms with Gasteiger partial charge in [0.25, 0.3) is 5.91 Å². The summed E-state index contributed by atoms with van der Waals surface area (Å²) in [7, 11) is 0. The molecule has 0 saturated carbocycles. The second-order valence-electron chi connectivity index (χ2n) is 4.85. The molecule has 1 aliphatic rings. The number of rotatable bonds is 4. The minimum atomic E-state index is -0.537. The first kappa shape index (κ1) is 18.4. The van der Waals surface area contributed by atoms with Crippen LogP contribution in [0.2, 0.25) is 0 Å². The van der Waals surface area contributed by atoms with Gasteiger partial charge in [0.15, 0.2) is 0 Å². The number of carbonyl (C=O) groups is 2. The van der Waals surface area contributed by atoms with Crippen LogP contribution in [0.4, 0.5) is 0 Å². The molecule has 1 aromatic heterocycles. The molecule has 0 radical (unpaired) electrons. The average Bonchev–Trinajstić information content (AvgIpc) is 2.86. The lowest BCUT2D eigenvalue weighted by molar-refractivity contribution is -0.123. The molecule has 1 fully saturated rings. The first-order valence-electron chi connectivity index (χ1n) is 6.63. The van der Waals surface area contributed by atoms with Crippen LogP contribution < -0.4 is 16.0 Å². The summed E-state index contributed by atoms with van der Waals surface area (Å²) >= 11 is 4.66. The van der Waals surface area contributed by atoms with E-state index in [9.17, 15) is 9.59 Å². The molecule has 2 unspecified atom stereocenters. The van der Waals surface area contributed by atoms with Crippen LogP contribution in [0.3, 0.4) is 0 Å². The Labute approximate surface area is 142 Å². The lowest BCUT2D eigenvalue weighted by atomic mass is 10.1. The highest BCUT2D eigenvalue weighted by Gasteiger charge is 2.21. The van der Waals surface area contributed by atoms with E-state index in [1.165, 1.54) is 11.3 Å². The van der Waals surface area contributed by atoms with Crippen LogP contribution in [-0.4, -0.2) is 37.0 Å². The third kappa shape index (κ3) is 5.58. The number of halogens is 2. The Morgan fingerprint density at radius 2 is 2.24 bits per heavy atom. The largest absolute Gasteiger partial charge is 0.350 e. The number of nitrogens with one attached hydrogen (secondary N) is 3. The highest BCUT2D eigenvalue weighted by Crippen LogP contribution is 2.21. The Balaban J connectivity index is 0.00000220. The minimum absolute atomic E-state index is 0. The quantitative estimate of drug-likeness (QED) is 0.728. The average molecular weight is 397 g/mol. The topological polar surface area (TPSA) is 70.2 Å². The van der Waals surface area contributed by atoms with Gasteiger partial charge in [0.05, 0.1) is 8.66 Å². The molecule has 0 bridgehead atoms. The molecule has 0 aliphatic carbocycles. The summed E-state index contributed by atoms with van der Waals surface area (Å²) in [5, 5.41) is 8.92. The summed E-state index contributed by atoms with van der Waals surface area (Å²) in [6.45, 7) is 3.50. The fourth-order valence-electron chi connectivity index (χ4n) is 2.07. The van der Waals surface area contributed by atoms with Crippen LogP contribution in [-0.2, 0) is 4.79 Å². The van der Waals surface area contributed by atoms with Crippen LogP contribution in [0.1, 0.15) is 29.4 Å². The van der Waals surface area contributed by atoms with Gasteiger partial charge < -0.3 is 16.0 Å². The van der Waals surface area contributed by atoms with Crippen molar-refractivity contribution in [3.05, 3.63) is 20.8 Å². The van der Waals surface area contributed by atoms with Crippen molar-refractivity contribution in [2.45, 2.75) is 31.8 Å². The van der Waals surface area contributed by atoms with Gasteiger partial charge in [0, 0.05) is 12.6 Å². The lowest BCUT2D eigenvalue weighted by Gasteiger charge is -2.25. The molecule has 2 heterocycles. The third-order valence-corrected chi connectivity index (χ3v) is 4.80. The van der Waals surface area contributed by atoms with Gasteiger partial charge in [-0.2, -0.15) is 0 Å². The number of amides is 2. The van der Waals surface area contributed by atoms with Crippen molar-refractivity contribution in [3.8, 4) is 0 Å². The first-order valence-corrected chi connectivity index (χ1v) is 8.24. The Bertz CT molecular complexity index is 492. The zero-order valence-corrected chi connectivity index (χ0v) is 14.9. The maximum absolute atomic E-state index is 12.0. The standard InChI is InChI=1S/C13H18BrN3O2S.ClH/c1-8(12(18)17-9-3-2-6-15-7-9)16-13(19)10-4-5-11(14)20-10;/h4-5,8-9,15H,2-3,6-7H2,1H3,(H,16,19)(H,17,18);1H. The molecular formula is C13H19BrClN3O2S. The monoisotopic (exact) mass is 395 g/mol. The molecule has 1 aliphatic heterocycles. The summed E-state index contributed by atoms with van der Waals surface area (Å²) in [6, 6.07) is 3.18. The minimum Gasteiger partial charge on any atom is -0.350 e. The molecular weight excluding hydrogens is 378 g/mol. The van der Waals surface area contributed by atoms with Gasteiger partial charge in [-0.05, 0) is 54.4 Å². The van der Waals surface area contributed by atoms with Gasteiger partial charge in [-0.15, -0.1) is 23.7 Å². The summed E-state index contributed by atoms with van der Waals surface area (Å²) in [5.41, 5.74) is 0. The fourth-order valence-corrected chi connectivity index (χ4v) is 3.36. The lowest BCUT2D eigenvalue weighted by Crippen LogP contribution is -2.52. The Morgan fingerprint density at radius 1 is 1.48 bits per heavy atom. The normalized spacial score (nSPS) is 19.2. The van der Waals surface area contributed by atoms with Gasteiger partial charge in [0.2, 0.25) is 5.91 Å². The van der Waals surface area contributed by atoms with Crippen molar-refractivity contribution >= 4 is 51.5 Å². The molecule has 3 N–H and O–H groups in total. The van der Waals surface area contributed by atoms with E-state index in [4.69, 9.17) is 0 Å². The molecule has 0 aromatic carbocycles. The van der Waals surface area contributed by atoms with Crippen molar-refractivity contribution in [3.63, 3.8) is 0 Å². The van der Waals surface area contributed by atoms with Crippen LogP contribution in [0, 0.1) is 0 Å². The van der Waals surface area contributed by atoms with Gasteiger partial charge in [-0.25, -0.2) is 0 Å². The molecule has 8 heteroatoms. The van der Waals surface area contributed by atoms with E-state index in [0.717, 1.165) is 29.7 Å². The van der Waals surface area contributed by atoms with Crippen LogP contribution >= 0.6 is 39.7 Å². The van der Waals surface area contributed by atoms with Crippen molar-refractivity contribution in [1.82, 2.24) is 16.0 Å². The van der Waals surface area contributed by atoms with Crippen LogP contribution in [0.15, 0.2) is 15.9 Å². The van der Waals surface area contributed by atoms with E-state index in [1.807, 2.05) is 6.07 Å². The van der Waals surface area contributed by atoms with E-state index < -0.39 is 6.04 Å². The van der Waals surface area contributed by atoms with E-state index >= 15 is 0 Å². The Kier molecular flexibility index (Phi) is 7.65. The second-order valence-corrected chi connectivity index (χ2v) is 7.31. The molecule has 0 spiro atoms. The molecule has 2 atom stereocenters. The van der Waals surface area contributed by atoms with E-state index in [1.54, 1.807) is 13.0 Å².